The molecule has 0 amide bonds. The van der Waals surface area contributed by atoms with E-state index in [2.05, 4.69) is 10.1 Å². The number of carbonyl (C=O) groups excluding carboxylic acids is 2. The molecule has 1 unspecified atom stereocenters. The minimum Gasteiger partial charge on any atom is -0.391 e. The van der Waals surface area contributed by atoms with E-state index in [1.165, 1.54) is 0 Å². The van der Waals surface area contributed by atoms with E-state index in [1.54, 1.807) is 6.07 Å². The number of carbonyl (C=O) groups is 2. The van der Waals surface area contributed by atoms with Crippen molar-refractivity contribution in [2.45, 2.75) is 25.3 Å². The lowest BCUT2D eigenvalue weighted by molar-refractivity contribution is -0.160. The lowest BCUT2D eigenvalue weighted by Gasteiger charge is -2.06. The molecule has 70 valence electrons. The first-order valence-corrected chi connectivity index (χ1v) is 4.09. The number of nitrogens with zero attached hydrogens (tertiary/aromatic N) is 1. The molecule has 1 fully saturated rings. The fourth-order valence-electron chi connectivity index (χ4n) is 1.17. The van der Waals surface area contributed by atoms with Gasteiger partial charge in [-0.3, -0.25) is 4.79 Å². The summed E-state index contributed by atoms with van der Waals surface area (Å²) >= 11 is 0. The Morgan fingerprint density at radius 3 is 2.92 bits per heavy atom. The molecule has 1 rings (SSSR count). The summed E-state index contributed by atoms with van der Waals surface area (Å²) in [6.07, 6.45) is 1.23. The van der Waals surface area contributed by atoms with Gasteiger partial charge in [0.1, 0.15) is 12.5 Å². The van der Waals surface area contributed by atoms with E-state index < -0.39 is 11.9 Å². The van der Waals surface area contributed by atoms with E-state index in [9.17, 15) is 9.59 Å². The number of rotatable bonds is 2. The van der Waals surface area contributed by atoms with E-state index in [0.717, 1.165) is 13.0 Å². The average Bonchev–Trinajstić information content (AvgIpc) is 2.55. The lowest BCUT2D eigenvalue weighted by atomic mass is 10.2. The second kappa shape index (κ2) is 4.58. The summed E-state index contributed by atoms with van der Waals surface area (Å²) in [4.78, 5) is 21.8. The normalized spacial score (nSPS) is 20.7. The molecule has 0 saturated carbocycles. The zero-order valence-corrected chi connectivity index (χ0v) is 7.08. The third-order valence-corrected chi connectivity index (χ3v) is 1.78. The number of hydrogen-bond donors (Lipinski definition) is 1. The van der Waals surface area contributed by atoms with Crippen molar-refractivity contribution in [3.8, 4) is 6.07 Å². The predicted octanol–water partition coefficient (Wildman–Crippen LogP) is -0.278. The number of ether oxygens (including phenoxy) is 1. The number of hydrogen-bond acceptors (Lipinski definition) is 5. The van der Waals surface area contributed by atoms with Crippen molar-refractivity contribution < 1.29 is 14.3 Å². The van der Waals surface area contributed by atoms with Gasteiger partial charge in [-0.15, -0.1) is 0 Å². The molecule has 0 spiro atoms. The van der Waals surface area contributed by atoms with Crippen molar-refractivity contribution in [3.05, 3.63) is 0 Å². The minimum atomic E-state index is -0.777. The van der Waals surface area contributed by atoms with Crippen LogP contribution in [0.4, 0.5) is 0 Å². The van der Waals surface area contributed by atoms with Crippen molar-refractivity contribution in [2.75, 3.05) is 6.54 Å². The first-order chi connectivity index (χ1) is 6.24. The van der Waals surface area contributed by atoms with Crippen LogP contribution in [0.25, 0.3) is 0 Å². The highest BCUT2D eigenvalue weighted by atomic mass is 16.6. The van der Waals surface area contributed by atoms with Crippen LogP contribution in [0.15, 0.2) is 0 Å². The van der Waals surface area contributed by atoms with Crippen LogP contribution >= 0.6 is 0 Å². The second-order valence-corrected chi connectivity index (χ2v) is 2.78. The molecule has 5 nitrogen and oxygen atoms in total. The van der Waals surface area contributed by atoms with Crippen molar-refractivity contribution in [1.82, 2.24) is 5.32 Å². The third kappa shape index (κ3) is 2.84. The Hall–Kier alpha value is -1.41. The standard InChI is InChI=1S/C8H10N2O3/c9-4-3-7(11)13-8(12)6-2-1-5-10-6/h6,10H,1-3,5H2. The smallest absolute Gasteiger partial charge is 0.330 e. The van der Waals surface area contributed by atoms with Gasteiger partial charge in [0, 0.05) is 0 Å². The Labute approximate surface area is 75.7 Å². The van der Waals surface area contributed by atoms with E-state index in [4.69, 9.17) is 5.26 Å². The Morgan fingerprint density at radius 2 is 2.38 bits per heavy atom. The van der Waals surface area contributed by atoms with Crippen LogP contribution in [0.5, 0.6) is 0 Å². The molecule has 1 aliphatic heterocycles. The molecular formula is C8H10N2O3. The van der Waals surface area contributed by atoms with E-state index in [-0.39, 0.29) is 12.5 Å². The summed E-state index contributed by atoms with van der Waals surface area (Å²) in [5, 5.41) is 11.0. The molecule has 0 aromatic carbocycles. The van der Waals surface area contributed by atoms with Gasteiger partial charge in [-0.25, -0.2) is 4.79 Å². The minimum absolute atomic E-state index is 0.373. The van der Waals surface area contributed by atoms with E-state index in [0.29, 0.717) is 6.42 Å². The summed E-state index contributed by atoms with van der Waals surface area (Å²) in [6.45, 7) is 0.770. The first kappa shape index (κ1) is 9.68. The summed E-state index contributed by atoms with van der Waals surface area (Å²) in [6, 6.07) is 1.24. The van der Waals surface area contributed by atoms with Gasteiger partial charge in [0.25, 0.3) is 0 Å². The van der Waals surface area contributed by atoms with Gasteiger partial charge >= 0.3 is 11.9 Å². The summed E-state index contributed by atoms with van der Waals surface area (Å²) in [7, 11) is 0. The average molecular weight is 182 g/mol. The Morgan fingerprint density at radius 1 is 1.62 bits per heavy atom. The van der Waals surface area contributed by atoms with Gasteiger partial charge in [-0.1, -0.05) is 0 Å². The summed E-state index contributed by atoms with van der Waals surface area (Å²) in [5.74, 6) is -1.35. The Bertz CT molecular complexity index is 251. The zero-order chi connectivity index (χ0) is 9.68. The highest BCUT2D eigenvalue weighted by Crippen LogP contribution is 2.06. The topological polar surface area (TPSA) is 79.2 Å². The monoisotopic (exact) mass is 182 g/mol. The van der Waals surface area contributed by atoms with Gasteiger partial charge in [-0.05, 0) is 19.4 Å². The first-order valence-electron chi connectivity index (χ1n) is 4.09. The Kier molecular flexibility index (Phi) is 3.41. The fourth-order valence-corrected chi connectivity index (χ4v) is 1.17. The molecule has 0 aromatic rings. The fraction of sp³-hybridized carbons (Fsp3) is 0.625. The van der Waals surface area contributed by atoms with Gasteiger partial charge in [0.05, 0.1) is 6.07 Å². The van der Waals surface area contributed by atoms with E-state index in [1.807, 2.05) is 0 Å². The van der Waals surface area contributed by atoms with Crippen LogP contribution in [0.1, 0.15) is 19.3 Å². The molecule has 1 aliphatic rings. The van der Waals surface area contributed by atoms with Crippen LogP contribution in [0, 0.1) is 11.3 Å². The third-order valence-electron chi connectivity index (χ3n) is 1.78. The highest BCUT2D eigenvalue weighted by Gasteiger charge is 2.25. The quantitative estimate of drug-likeness (QED) is 0.469. The molecule has 1 heterocycles. The summed E-state index contributed by atoms with van der Waals surface area (Å²) in [5.41, 5.74) is 0. The van der Waals surface area contributed by atoms with Crippen LogP contribution in [0.2, 0.25) is 0 Å². The molecule has 0 bridgehead atoms. The van der Waals surface area contributed by atoms with Crippen molar-refractivity contribution in [2.24, 2.45) is 0 Å². The van der Waals surface area contributed by atoms with Crippen LogP contribution in [-0.2, 0) is 14.3 Å². The zero-order valence-electron chi connectivity index (χ0n) is 7.08. The molecular weight excluding hydrogens is 172 g/mol. The lowest BCUT2D eigenvalue weighted by Crippen LogP contribution is -2.33. The Balaban J connectivity index is 2.32. The predicted molar refractivity (Wildman–Crippen MR) is 42.4 cm³/mol. The molecule has 13 heavy (non-hydrogen) atoms. The van der Waals surface area contributed by atoms with Crippen molar-refractivity contribution >= 4 is 11.9 Å². The van der Waals surface area contributed by atoms with Gasteiger partial charge < -0.3 is 10.1 Å². The highest BCUT2D eigenvalue weighted by molar-refractivity contribution is 5.89. The maximum atomic E-state index is 11.1. The number of esters is 2. The summed E-state index contributed by atoms with van der Waals surface area (Å²) < 4.78 is 4.41. The molecule has 0 aliphatic carbocycles. The van der Waals surface area contributed by atoms with E-state index >= 15 is 0 Å². The van der Waals surface area contributed by atoms with Crippen molar-refractivity contribution in [3.63, 3.8) is 0 Å². The van der Waals surface area contributed by atoms with Gasteiger partial charge in [0.2, 0.25) is 0 Å². The number of nitrogens with one attached hydrogen (secondary N) is 1. The molecule has 0 radical (unpaired) electrons. The van der Waals surface area contributed by atoms with Crippen LogP contribution in [-0.4, -0.2) is 24.5 Å². The largest absolute Gasteiger partial charge is 0.391 e. The molecule has 1 N–H and O–H groups in total. The van der Waals surface area contributed by atoms with Gasteiger partial charge in [0.15, 0.2) is 0 Å². The molecule has 1 saturated heterocycles. The SMILES string of the molecule is N#CCC(=O)OC(=O)C1CCCN1. The van der Waals surface area contributed by atoms with Gasteiger partial charge in [-0.2, -0.15) is 5.26 Å². The van der Waals surface area contributed by atoms with Crippen LogP contribution < -0.4 is 5.32 Å². The molecule has 0 aromatic heterocycles. The molecule has 5 heteroatoms. The second-order valence-electron chi connectivity index (χ2n) is 2.78. The number of nitriles is 1. The van der Waals surface area contributed by atoms with Crippen molar-refractivity contribution in [1.29, 1.82) is 5.26 Å². The van der Waals surface area contributed by atoms with Crippen LogP contribution in [0.3, 0.4) is 0 Å². The maximum Gasteiger partial charge on any atom is 0.330 e. The molecule has 1 atom stereocenters. The maximum absolute atomic E-state index is 11.1.